The Bertz CT molecular complexity index is 793. The zero-order valence-electron chi connectivity index (χ0n) is 16.2. The molecule has 0 bridgehead atoms. The summed E-state index contributed by atoms with van der Waals surface area (Å²) in [5.74, 6) is -0.150. The number of piperazine rings is 1. The highest BCUT2D eigenvalue weighted by Gasteiger charge is 2.23. The van der Waals surface area contributed by atoms with Crippen LogP contribution in [-0.2, 0) is 13.0 Å². The Balaban J connectivity index is 1.76. The molecule has 1 aromatic heterocycles. The normalized spacial score (nSPS) is 17.8. The lowest BCUT2D eigenvalue weighted by Gasteiger charge is -2.40. The number of aryl methyl sites for hydroxylation is 1. The minimum Gasteiger partial charge on any atom is -0.366 e. The molecule has 1 N–H and O–H groups in total. The van der Waals surface area contributed by atoms with Gasteiger partial charge in [-0.15, -0.1) is 0 Å². The van der Waals surface area contributed by atoms with Gasteiger partial charge in [0.2, 0.25) is 0 Å². The topological polar surface area (TPSA) is 48.5 Å². The molecular formula is C21H27ClN4O. The van der Waals surface area contributed by atoms with E-state index in [0.717, 1.165) is 43.0 Å². The fourth-order valence-corrected chi connectivity index (χ4v) is 3.56. The molecule has 0 spiro atoms. The Labute approximate surface area is 166 Å². The largest absolute Gasteiger partial charge is 0.366 e. The highest BCUT2D eigenvalue weighted by molar-refractivity contribution is 6.30. The first-order chi connectivity index (χ1) is 13.0. The predicted octanol–water partition coefficient (Wildman–Crippen LogP) is 3.37. The summed E-state index contributed by atoms with van der Waals surface area (Å²) in [6, 6.07) is 11.9. The van der Waals surface area contributed by atoms with Crippen molar-refractivity contribution < 1.29 is 4.79 Å². The van der Waals surface area contributed by atoms with E-state index in [1.54, 1.807) is 0 Å². The van der Waals surface area contributed by atoms with Gasteiger partial charge in [-0.2, -0.15) is 0 Å². The number of hydrogen-bond donors (Lipinski definition) is 1. The lowest BCUT2D eigenvalue weighted by molar-refractivity contribution is 0.0945. The average Bonchev–Trinajstić information content (AvgIpc) is 2.67. The van der Waals surface area contributed by atoms with E-state index in [4.69, 9.17) is 11.6 Å². The van der Waals surface area contributed by atoms with Gasteiger partial charge in [-0.05, 0) is 50.2 Å². The molecule has 6 heteroatoms. The van der Waals surface area contributed by atoms with Crippen LogP contribution in [0.5, 0.6) is 0 Å². The van der Waals surface area contributed by atoms with Crippen LogP contribution in [0.4, 0.5) is 5.69 Å². The number of benzene rings is 1. The van der Waals surface area contributed by atoms with Crippen LogP contribution in [0.15, 0.2) is 36.4 Å². The maximum atomic E-state index is 12.7. The van der Waals surface area contributed by atoms with Crippen LogP contribution in [-0.4, -0.2) is 48.5 Å². The molecule has 2 heterocycles. The van der Waals surface area contributed by atoms with E-state index >= 15 is 0 Å². The quantitative estimate of drug-likeness (QED) is 0.855. The number of amides is 1. The number of nitrogens with zero attached hydrogens (tertiary/aromatic N) is 3. The second kappa shape index (κ2) is 8.72. The van der Waals surface area contributed by atoms with Crippen molar-refractivity contribution in [1.29, 1.82) is 0 Å². The summed E-state index contributed by atoms with van der Waals surface area (Å²) < 4.78 is 0. The molecule has 3 rings (SSSR count). The number of aromatic nitrogens is 1. The van der Waals surface area contributed by atoms with Crippen molar-refractivity contribution in [1.82, 2.24) is 15.2 Å². The average molecular weight is 387 g/mol. The molecule has 0 aliphatic carbocycles. The first-order valence-corrected chi connectivity index (χ1v) is 9.83. The SMILES string of the molecule is CCc1cc(N2CCN(C)CC2C)cc(C(=O)NCc2ccc(Cl)cc2)n1. The first kappa shape index (κ1) is 19.6. The molecule has 1 fully saturated rings. The van der Waals surface area contributed by atoms with Gasteiger partial charge in [0.25, 0.3) is 5.91 Å². The molecular weight excluding hydrogens is 360 g/mol. The van der Waals surface area contributed by atoms with Gasteiger partial charge in [0.15, 0.2) is 0 Å². The molecule has 27 heavy (non-hydrogen) atoms. The van der Waals surface area contributed by atoms with Crippen molar-refractivity contribution >= 4 is 23.2 Å². The molecule has 1 aromatic carbocycles. The van der Waals surface area contributed by atoms with E-state index in [1.165, 1.54) is 0 Å². The van der Waals surface area contributed by atoms with Crippen LogP contribution in [0.3, 0.4) is 0 Å². The first-order valence-electron chi connectivity index (χ1n) is 9.45. The van der Waals surface area contributed by atoms with E-state index in [9.17, 15) is 4.79 Å². The van der Waals surface area contributed by atoms with E-state index in [2.05, 4.69) is 47.1 Å². The van der Waals surface area contributed by atoms with Crippen molar-refractivity contribution in [2.45, 2.75) is 32.9 Å². The molecule has 1 saturated heterocycles. The number of nitrogens with one attached hydrogen (secondary N) is 1. The predicted molar refractivity (Wildman–Crippen MR) is 111 cm³/mol. The van der Waals surface area contributed by atoms with Crippen LogP contribution < -0.4 is 10.2 Å². The fraction of sp³-hybridized carbons (Fsp3) is 0.429. The van der Waals surface area contributed by atoms with E-state index in [0.29, 0.717) is 23.3 Å². The van der Waals surface area contributed by atoms with Crippen LogP contribution in [0, 0.1) is 0 Å². The number of halogens is 1. The van der Waals surface area contributed by atoms with Crippen molar-refractivity contribution in [2.24, 2.45) is 0 Å². The second-order valence-corrected chi connectivity index (χ2v) is 7.61. The fourth-order valence-electron chi connectivity index (χ4n) is 3.43. The number of pyridine rings is 1. The van der Waals surface area contributed by atoms with Gasteiger partial charge < -0.3 is 15.1 Å². The van der Waals surface area contributed by atoms with Gasteiger partial charge in [0.05, 0.1) is 0 Å². The van der Waals surface area contributed by atoms with Crippen molar-refractivity contribution in [3.8, 4) is 0 Å². The molecule has 0 radical (unpaired) electrons. The minimum atomic E-state index is -0.150. The van der Waals surface area contributed by atoms with Crippen molar-refractivity contribution in [3.05, 3.63) is 58.4 Å². The van der Waals surface area contributed by atoms with Gasteiger partial charge in [-0.25, -0.2) is 4.98 Å². The van der Waals surface area contributed by atoms with Crippen LogP contribution in [0.1, 0.15) is 35.6 Å². The molecule has 1 unspecified atom stereocenters. The van der Waals surface area contributed by atoms with E-state index in [1.807, 2.05) is 30.3 Å². The third-order valence-electron chi connectivity index (χ3n) is 4.99. The number of anilines is 1. The maximum Gasteiger partial charge on any atom is 0.270 e. The highest BCUT2D eigenvalue weighted by Crippen LogP contribution is 2.22. The standard InChI is InChI=1S/C21H27ClN4O/c1-4-18-11-19(26-10-9-25(3)14-15(26)2)12-20(24-18)21(27)23-13-16-5-7-17(22)8-6-16/h5-8,11-12,15H,4,9-10,13-14H2,1-3H3,(H,23,27). The summed E-state index contributed by atoms with van der Waals surface area (Å²) in [6.07, 6.45) is 0.799. The summed E-state index contributed by atoms with van der Waals surface area (Å²) in [6.45, 7) is 7.73. The van der Waals surface area contributed by atoms with Gasteiger partial charge >= 0.3 is 0 Å². The maximum absolute atomic E-state index is 12.7. The second-order valence-electron chi connectivity index (χ2n) is 7.17. The number of hydrogen-bond acceptors (Lipinski definition) is 4. The van der Waals surface area contributed by atoms with Crippen molar-refractivity contribution in [2.75, 3.05) is 31.6 Å². The Morgan fingerprint density at radius 1 is 1.26 bits per heavy atom. The Hall–Kier alpha value is -2.11. The van der Waals surface area contributed by atoms with E-state index < -0.39 is 0 Å². The van der Waals surface area contributed by atoms with E-state index in [-0.39, 0.29) is 5.91 Å². The third-order valence-corrected chi connectivity index (χ3v) is 5.24. The number of likely N-dealkylation sites (N-methyl/N-ethyl adjacent to an activating group) is 1. The Kier molecular flexibility index (Phi) is 6.34. The van der Waals surface area contributed by atoms with Gasteiger partial charge in [-0.1, -0.05) is 30.7 Å². The molecule has 1 aliphatic heterocycles. The lowest BCUT2D eigenvalue weighted by Crippen LogP contribution is -2.50. The molecule has 1 atom stereocenters. The molecule has 144 valence electrons. The zero-order valence-corrected chi connectivity index (χ0v) is 17.0. The Morgan fingerprint density at radius 2 is 2.00 bits per heavy atom. The van der Waals surface area contributed by atoms with Crippen LogP contribution in [0.25, 0.3) is 0 Å². The smallest absolute Gasteiger partial charge is 0.270 e. The number of carbonyl (C=O) groups excluding carboxylic acids is 1. The van der Waals surface area contributed by atoms with Crippen molar-refractivity contribution in [3.63, 3.8) is 0 Å². The monoisotopic (exact) mass is 386 g/mol. The number of rotatable bonds is 5. The summed E-state index contributed by atoms with van der Waals surface area (Å²) in [4.78, 5) is 21.9. The molecule has 1 amide bonds. The molecule has 1 aliphatic rings. The lowest BCUT2D eigenvalue weighted by atomic mass is 10.1. The summed E-state index contributed by atoms with van der Waals surface area (Å²) in [5.41, 5.74) is 3.51. The molecule has 2 aromatic rings. The summed E-state index contributed by atoms with van der Waals surface area (Å²) in [5, 5.41) is 3.65. The van der Waals surface area contributed by atoms with Crippen LogP contribution in [0.2, 0.25) is 5.02 Å². The van der Waals surface area contributed by atoms with Gasteiger partial charge in [-0.3, -0.25) is 4.79 Å². The van der Waals surface area contributed by atoms with Gasteiger partial charge in [0, 0.05) is 48.6 Å². The highest BCUT2D eigenvalue weighted by atomic mass is 35.5. The Morgan fingerprint density at radius 3 is 2.67 bits per heavy atom. The minimum absolute atomic E-state index is 0.150. The molecule has 5 nitrogen and oxygen atoms in total. The summed E-state index contributed by atoms with van der Waals surface area (Å²) >= 11 is 5.91. The van der Waals surface area contributed by atoms with Crippen LogP contribution >= 0.6 is 11.6 Å². The number of carbonyl (C=O) groups is 1. The zero-order chi connectivity index (χ0) is 19.4. The summed E-state index contributed by atoms with van der Waals surface area (Å²) in [7, 11) is 2.15. The molecule has 0 saturated carbocycles. The third kappa shape index (κ3) is 4.99. The van der Waals surface area contributed by atoms with Gasteiger partial charge in [0.1, 0.15) is 5.69 Å².